The smallest absolute Gasteiger partial charge is 0.0933 e. The number of ether oxygens (including phenoxy) is 2. The number of hydrogen-bond donors (Lipinski definition) is 1. The topological polar surface area (TPSA) is 33.8 Å². The number of hydrogen-bond acceptors (Lipinski definition) is 3. The molecule has 4 atom stereocenters. The molecule has 0 aromatic heterocycles. The monoisotopic (exact) mass is 199 g/mol. The molecule has 2 saturated heterocycles. The van der Waals surface area contributed by atoms with Gasteiger partial charge in [-0.3, -0.25) is 0 Å². The zero-order valence-corrected chi connectivity index (χ0v) is 9.16. The van der Waals surface area contributed by atoms with Gasteiger partial charge in [0.25, 0.3) is 0 Å². The summed E-state index contributed by atoms with van der Waals surface area (Å²) in [5, 5.41) is 3.48. The molecule has 2 aliphatic rings. The Bertz CT molecular complexity index is 172. The lowest BCUT2D eigenvalue weighted by Gasteiger charge is -2.32. The van der Waals surface area contributed by atoms with Crippen LogP contribution in [-0.4, -0.2) is 38.0 Å². The lowest BCUT2D eigenvalue weighted by atomic mass is 9.92. The highest BCUT2D eigenvalue weighted by molar-refractivity contribution is 4.77. The standard InChI is InChI=1S/C11H21NO2/c1-8-3-10(4-9(2)14-8)5-12-6-11-7-13-11/h8-12H,3-7H2,1-2H3/t8-,9+,10?,11?. The molecule has 14 heavy (non-hydrogen) atoms. The van der Waals surface area contributed by atoms with Gasteiger partial charge in [-0.05, 0) is 39.2 Å². The number of epoxide rings is 1. The largest absolute Gasteiger partial charge is 0.376 e. The fourth-order valence-electron chi connectivity index (χ4n) is 2.34. The highest BCUT2D eigenvalue weighted by atomic mass is 16.6. The number of nitrogens with one attached hydrogen (secondary N) is 1. The average Bonchev–Trinajstić information content (AvgIpc) is 2.86. The minimum absolute atomic E-state index is 0.433. The van der Waals surface area contributed by atoms with Crippen molar-refractivity contribution in [2.45, 2.75) is 45.0 Å². The Hall–Kier alpha value is -0.120. The van der Waals surface area contributed by atoms with Gasteiger partial charge in [0.2, 0.25) is 0 Å². The molecule has 82 valence electrons. The molecule has 0 radical (unpaired) electrons. The third kappa shape index (κ3) is 3.23. The lowest BCUT2D eigenvalue weighted by Crippen LogP contribution is -2.35. The third-order valence-electron chi connectivity index (χ3n) is 3.00. The highest BCUT2D eigenvalue weighted by Crippen LogP contribution is 2.24. The van der Waals surface area contributed by atoms with Crippen LogP contribution in [0.4, 0.5) is 0 Å². The van der Waals surface area contributed by atoms with E-state index in [9.17, 15) is 0 Å². The maximum absolute atomic E-state index is 5.70. The molecule has 0 saturated carbocycles. The van der Waals surface area contributed by atoms with E-state index in [1.54, 1.807) is 0 Å². The Kier molecular flexibility index (Phi) is 3.42. The van der Waals surface area contributed by atoms with Crippen molar-refractivity contribution in [3.63, 3.8) is 0 Å². The van der Waals surface area contributed by atoms with E-state index in [0.717, 1.165) is 25.6 Å². The predicted octanol–water partition coefficient (Wildman–Crippen LogP) is 1.18. The predicted molar refractivity (Wildman–Crippen MR) is 55.3 cm³/mol. The minimum Gasteiger partial charge on any atom is -0.376 e. The normalized spacial score (nSPS) is 42.4. The van der Waals surface area contributed by atoms with E-state index in [4.69, 9.17) is 9.47 Å². The van der Waals surface area contributed by atoms with Crippen LogP contribution in [0.3, 0.4) is 0 Å². The molecule has 3 nitrogen and oxygen atoms in total. The van der Waals surface area contributed by atoms with Gasteiger partial charge in [0.15, 0.2) is 0 Å². The molecule has 0 aromatic carbocycles. The van der Waals surface area contributed by atoms with Crippen LogP contribution < -0.4 is 5.32 Å². The Labute approximate surface area is 86.2 Å². The highest BCUT2D eigenvalue weighted by Gasteiger charge is 2.25. The summed E-state index contributed by atoms with van der Waals surface area (Å²) in [6.45, 7) is 7.45. The van der Waals surface area contributed by atoms with Crippen LogP contribution in [0.25, 0.3) is 0 Å². The SMILES string of the molecule is C[C@@H]1CC(CNCC2CO2)C[C@H](C)O1. The summed E-state index contributed by atoms with van der Waals surface area (Å²) in [6, 6.07) is 0. The Morgan fingerprint density at radius 1 is 1.14 bits per heavy atom. The summed E-state index contributed by atoms with van der Waals surface area (Å²) in [5.41, 5.74) is 0. The second kappa shape index (κ2) is 4.60. The molecule has 2 heterocycles. The first-order chi connectivity index (χ1) is 6.74. The first-order valence-electron chi connectivity index (χ1n) is 5.72. The lowest BCUT2D eigenvalue weighted by molar-refractivity contribution is -0.0515. The summed E-state index contributed by atoms with van der Waals surface area (Å²) in [7, 11) is 0. The molecule has 0 spiro atoms. The Morgan fingerprint density at radius 3 is 2.36 bits per heavy atom. The van der Waals surface area contributed by atoms with Crippen LogP contribution in [0.5, 0.6) is 0 Å². The van der Waals surface area contributed by atoms with Crippen LogP contribution >= 0.6 is 0 Å². The van der Waals surface area contributed by atoms with Gasteiger partial charge in [0, 0.05) is 6.54 Å². The maximum atomic E-state index is 5.70. The summed E-state index contributed by atoms with van der Waals surface area (Å²) < 4.78 is 10.9. The molecule has 2 unspecified atom stereocenters. The van der Waals surface area contributed by atoms with Crippen LogP contribution in [-0.2, 0) is 9.47 Å². The second-order valence-electron chi connectivity index (χ2n) is 4.71. The molecule has 3 heteroatoms. The Morgan fingerprint density at radius 2 is 1.79 bits per heavy atom. The summed E-state index contributed by atoms with van der Waals surface area (Å²) in [6.07, 6.45) is 3.77. The van der Waals surface area contributed by atoms with Gasteiger partial charge in [-0.2, -0.15) is 0 Å². The third-order valence-corrected chi connectivity index (χ3v) is 3.00. The summed E-state index contributed by atoms with van der Waals surface area (Å²) in [4.78, 5) is 0. The van der Waals surface area contributed by atoms with E-state index in [1.807, 2.05) is 0 Å². The molecule has 0 bridgehead atoms. The zero-order valence-electron chi connectivity index (χ0n) is 9.16. The van der Waals surface area contributed by atoms with Gasteiger partial charge in [0.1, 0.15) is 0 Å². The van der Waals surface area contributed by atoms with Gasteiger partial charge < -0.3 is 14.8 Å². The van der Waals surface area contributed by atoms with Crippen molar-refractivity contribution in [2.24, 2.45) is 5.92 Å². The van der Waals surface area contributed by atoms with E-state index >= 15 is 0 Å². The zero-order chi connectivity index (χ0) is 9.97. The van der Waals surface area contributed by atoms with Gasteiger partial charge in [-0.25, -0.2) is 0 Å². The first kappa shape index (κ1) is 10.4. The molecule has 0 aromatic rings. The maximum Gasteiger partial charge on any atom is 0.0933 e. The summed E-state index contributed by atoms with van der Waals surface area (Å²) >= 11 is 0. The van der Waals surface area contributed by atoms with Crippen LogP contribution in [0.1, 0.15) is 26.7 Å². The van der Waals surface area contributed by atoms with Crippen molar-refractivity contribution in [2.75, 3.05) is 19.7 Å². The van der Waals surface area contributed by atoms with Crippen molar-refractivity contribution >= 4 is 0 Å². The van der Waals surface area contributed by atoms with E-state index in [1.165, 1.54) is 12.8 Å². The van der Waals surface area contributed by atoms with Crippen LogP contribution in [0.15, 0.2) is 0 Å². The molecule has 2 aliphatic heterocycles. The van der Waals surface area contributed by atoms with E-state index < -0.39 is 0 Å². The molecule has 1 N–H and O–H groups in total. The fraction of sp³-hybridized carbons (Fsp3) is 1.00. The second-order valence-corrected chi connectivity index (χ2v) is 4.71. The molecular formula is C11H21NO2. The first-order valence-corrected chi connectivity index (χ1v) is 5.72. The van der Waals surface area contributed by atoms with Crippen LogP contribution in [0.2, 0.25) is 0 Å². The minimum atomic E-state index is 0.433. The van der Waals surface area contributed by atoms with Crippen molar-refractivity contribution in [3.8, 4) is 0 Å². The number of rotatable bonds is 4. The van der Waals surface area contributed by atoms with Crippen molar-refractivity contribution in [3.05, 3.63) is 0 Å². The van der Waals surface area contributed by atoms with E-state index in [-0.39, 0.29) is 0 Å². The van der Waals surface area contributed by atoms with Crippen molar-refractivity contribution < 1.29 is 9.47 Å². The quantitative estimate of drug-likeness (QED) is 0.690. The fourth-order valence-corrected chi connectivity index (χ4v) is 2.34. The molecular weight excluding hydrogens is 178 g/mol. The molecule has 2 fully saturated rings. The van der Waals surface area contributed by atoms with Gasteiger partial charge in [0.05, 0.1) is 24.9 Å². The van der Waals surface area contributed by atoms with E-state index in [0.29, 0.717) is 18.3 Å². The van der Waals surface area contributed by atoms with Gasteiger partial charge in [-0.1, -0.05) is 0 Å². The van der Waals surface area contributed by atoms with E-state index in [2.05, 4.69) is 19.2 Å². The summed E-state index contributed by atoms with van der Waals surface area (Å²) in [5.74, 6) is 0.785. The molecule has 2 rings (SSSR count). The van der Waals surface area contributed by atoms with Crippen molar-refractivity contribution in [1.82, 2.24) is 5.32 Å². The molecule has 0 aliphatic carbocycles. The average molecular weight is 199 g/mol. The van der Waals surface area contributed by atoms with Crippen molar-refractivity contribution in [1.29, 1.82) is 0 Å². The van der Waals surface area contributed by atoms with Gasteiger partial charge in [-0.15, -0.1) is 0 Å². The van der Waals surface area contributed by atoms with Crippen LogP contribution in [0, 0.1) is 5.92 Å². The van der Waals surface area contributed by atoms with Gasteiger partial charge >= 0.3 is 0 Å². The molecule has 0 amide bonds. The Balaban J connectivity index is 1.62.